The molecular formula is C22H24N2OS. The maximum absolute atomic E-state index is 9.39. The molecule has 0 aromatic heterocycles. The van der Waals surface area contributed by atoms with Crippen LogP contribution in [0.15, 0.2) is 42.6 Å². The minimum absolute atomic E-state index is 0.0503. The third kappa shape index (κ3) is 4.05. The molecule has 26 heavy (non-hydrogen) atoms. The molecule has 1 aliphatic rings. The van der Waals surface area contributed by atoms with Gasteiger partial charge < -0.3 is 10.5 Å². The van der Waals surface area contributed by atoms with E-state index in [1.165, 1.54) is 23.1 Å². The van der Waals surface area contributed by atoms with E-state index >= 15 is 0 Å². The Balaban J connectivity index is 1.76. The summed E-state index contributed by atoms with van der Waals surface area (Å²) >= 11 is 1.72. The van der Waals surface area contributed by atoms with Gasteiger partial charge in [-0.05, 0) is 67.5 Å². The second-order valence-electron chi connectivity index (χ2n) is 6.73. The van der Waals surface area contributed by atoms with Gasteiger partial charge in [0.1, 0.15) is 11.8 Å². The fraction of sp³-hybridized carbons (Fsp3) is 0.318. The van der Waals surface area contributed by atoms with E-state index in [0.29, 0.717) is 11.3 Å². The first-order chi connectivity index (χ1) is 12.6. The summed E-state index contributed by atoms with van der Waals surface area (Å²) in [6, 6.07) is 14.6. The highest BCUT2D eigenvalue weighted by molar-refractivity contribution is 8.07. The highest BCUT2D eigenvalue weighted by atomic mass is 32.2. The maximum atomic E-state index is 9.39. The van der Waals surface area contributed by atoms with E-state index in [-0.39, 0.29) is 6.10 Å². The molecule has 0 bridgehead atoms. The van der Waals surface area contributed by atoms with E-state index in [2.05, 4.69) is 24.3 Å². The van der Waals surface area contributed by atoms with Crippen molar-refractivity contribution in [3.05, 3.63) is 70.4 Å². The number of rotatable bonds is 6. The van der Waals surface area contributed by atoms with Gasteiger partial charge in [0.15, 0.2) is 0 Å². The van der Waals surface area contributed by atoms with Crippen molar-refractivity contribution in [2.24, 2.45) is 5.73 Å². The SMILES string of the molecule is CC(C)Oc1ccc(CS/C(=C\N)c2cccc3c2CCC3)cc1C#N. The third-order valence-electron chi connectivity index (χ3n) is 4.48. The highest BCUT2D eigenvalue weighted by Crippen LogP contribution is 2.36. The molecule has 0 saturated carbocycles. The Hall–Kier alpha value is -2.38. The Bertz CT molecular complexity index is 865. The maximum Gasteiger partial charge on any atom is 0.137 e. The van der Waals surface area contributed by atoms with Gasteiger partial charge in [-0.15, -0.1) is 11.8 Å². The summed E-state index contributed by atoms with van der Waals surface area (Å²) in [4.78, 5) is 1.10. The Kier molecular flexibility index (Phi) is 5.90. The number of fused-ring (bicyclic) bond motifs is 1. The normalized spacial score (nSPS) is 13.5. The number of thioether (sulfide) groups is 1. The van der Waals surface area contributed by atoms with E-state index < -0.39 is 0 Å². The molecule has 3 nitrogen and oxygen atoms in total. The van der Waals surface area contributed by atoms with Gasteiger partial charge in [-0.3, -0.25) is 0 Å². The standard InChI is InChI=1S/C22H24N2OS/c1-15(2)25-21-10-9-16(11-18(21)12-23)14-26-22(13-24)20-8-4-6-17-5-3-7-19(17)20/h4,6,8-11,13,15H,3,5,7,14,24H2,1-2H3/b22-13-. The monoisotopic (exact) mass is 364 g/mol. The van der Waals surface area contributed by atoms with Crippen LogP contribution in [0.3, 0.4) is 0 Å². The Labute approximate surface area is 159 Å². The van der Waals surface area contributed by atoms with Gasteiger partial charge in [0.05, 0.1) is 11.7 Å². The summed E-state index contributed by atoms with van der Waals surface area (Å²) < 4.78 is 5.70. The van der Waals surface area contributed by atoms with Gasteiger partial charge in [0.2, 0.25) is 0 Å². The van der Waals surface area contributed by atoms with Crippen molar-refractivity contribution < 1.29 is 4.74 Å². The zero-order valence-corrected chi connectivity index (χ0v) is 16.1. The molecular weight excluding hydrogens is 340 g/mol. The first-order valence-electron chi connectivity index (χ1n) is 8.98. The lowest BCUT2D eigenvalue weighted by Crippen LogP contribution is -2.06. The minimum atomic E-state index is 0.0503. The molecule has 0 saturated heterocycles. The lowest BCUT2D eigenvalue weighted by molar-refractivity contribution is 0.241. The molecule has 0 amide bonds. The van der Waals surface area contributed by atoms with Gasteiger partial charge in [-0.1, -0.05) is 24.3 Å². The fourth-order valence-corrected chi connectivity index (χ4v) is 4.28. The molecule has 2 aromatic carbocycles. The quantitative estimate of drug-likeness (QED) is 0.781. The van der Waals surface area contributed by atoms with Crippen LogP contribution < -0.4 is 10.5 Å². The van der Waals surface area contributed by atoms with Crippen molar-refractivity contribution >= 4 is 16.7 Å². The summed E-state index contributed by atoms with van der Waals surface area (Å²) in [5.41, 5.74) is 11.8. The first kappa shape index (κ1) is 18.4. The Morgan fingerprint density at radius 2 is 2.15 bits per heavy atom. The van der Waals surface area contributed by atoms with Gasteiger partial charge in [0, 0.05) is 16.9 Å². The molecule has 134 valence electrons. The summed E-state index contributed by atoms with van der Waals surface area (Å²) in [6.07, 6.45) is 5.27. The molecule has 0 radical (unpaired) electrons. The van der Waals surface area contributed by atoms with Crippen molar-refractivity contribution in [1.29, 1.82) is 5.26 Å². The van der Waals surface area contributed by atoms with Crippen LogP contribution in [0, 0.1) is 11.3 Å². The zero-order valence-electron chi connectivity index (χ0n) is 15.3. The van der Waals surface area contributed by atoms with E-state index in [9.17, 15) is 5.26 Å². The first-order valence-corrected chi connectivity index (χ1v) is 9.96. The molecule has 0 unspecified atom stereocenters. The number of nitriles is 1. The number of hydrogen-bond acceptors (Lipinski definition) is 4. The molecule has 3 rings (SSSR count). The second kappa shape index (κ2) is 8.33. The average molecular weight is 365 g/mol. The molecule has 0 spiro atoms. The number of hydrogen-bond donors (Lipinski definition) is 1. The van der Waals surface area contributed by atoms with Crippen molar-refractivity contribution in [2.75, 3.05) is 0 Å². The topological polar surface area (TPSA) is 59.0 Å². The fourth-order valence-electron chi connectivity index (χ4n) is 3.34. The molecule has 4 heteroatoms. The minimum Gasteiger partial charge on any atom is -0.490 e. The molecule has 0 heterocycles. The predicted molar refractivity (Wildman–Crippen MR) is 109 cm³/mol. The number of aryl methyl sites for hydroxylation is 1. The van der Waals surface area contributed by atoms with Crippen LogP contribution in [-0.2, 0) is 18.6 Å². The van der Waals surface area contributed by atoms with Crippen molar-refractivity contribution in [1.82, 2.24) is 0 Å². The third-order valence-corrected chi connectivity index (χ3v) is 5.63. The second-order valence-corrected chi connectivity index (χ2v) is 7.74. The number of ether oxygens (including phenoxy) is 1. The van der Waals surface area contributed by atoms with Gasteiger partial charge >= 0.3 is 0 Å². The van der Waals surface area contributed by atoms with Gasteiger partial charge in [0.25, 0.3) is 0 Å². The van der Waals surface area contributed by atoms with Crippen molar-refractivity contribution in [3.8, 4) is 11.8 Å². The number of benzene rings is 2. The molecule has 0 aliphatic heterocycles. The van der Waals surface area contributed by atoms with Crippen LogP contribution in [0.5, 0.6) is 5.75 Å². The van der Waals surface area contributed by atoms with Crippen LogP contribution in [0.4, 0.5) is 0 Å². The summed E-state index contributed by atoms with van der Waals surface area (Å²) in [6.45, 7) is 3.92. The van der Waals surface area contributed by atoms with Crippen molar-refractivity contribution in [2.45, 2.75) is 45.0 Å². The van der Waals surface area contributed by atoms with Crippen LogP contribution in [0.2, 0.25) is 0 Å². The molecule has 0 fully saturated rings. The lowest BCUT2D eigenvalue weighted by atomic mass is 10.0. The molecule has 2 N–H and O–H groups in total. The zero-order chi connectivity index (χ0) is 18.5. The Morgan fingerprint density at radius 3 is 2.88 bits per heavy atom. The smallest absolute Gasteiger partial charge is 0.137 e. The average Bonchev–Trinajstić information content (AvgIpc) is 3.12. The largest absolute Gasteiger partial charge is 0.490 e. The van der Waals surface area contributed by atoms with Gasteiger partial charge in [-0.2, -0.15) is 5.26 Å². The lowest BCUT2D eigenvalue weighted by Gasteiger charge is -2.14. The molecule has 1 aliphatic carbocycles. The van der Waals surface area contributed by atoms with Gasteiger partial charge in [-0.25, -0.2) is 0 Å². The van der Waals surface area contributed by atoms with E-state index in [1.54, 1.807) is 18.0 Å². The summed E-state index contributed by atoms with van der Waals surface area (Å²) in [5.74, 6) is 1.41. The van der Waals surface area contributed by atoms with Crippen molar-refractivity contribution in [3.63, 3.8) is 0 Å². The molecule has 0 atom stereocenters. The van der Waals surface area contributed by atoms with E-state index in [0.717, 1.165) is 29.1 Å². The van der Waals surface area contributed by atoms with Crippen LogP contribution in [0.25, 0.3) is 4.91 Å². The predicted octanol–water partition coefficient (Wildman–Crippen LogP) is 5.02. The van der Waals surface area contributed by atoms with E-state index in [1.807, 2.05) is 32.0 Å². The summed E-state index contributed by atoms with van der Waals surface area (Å²) in [7, 11) is 0. The number of nitrogens with zero attached hydrogens (tertiary/aromatic N) is 1. The van der Waals surface area contributed by atoms with Crippen LogP contribution in [0.1, 0.15) is 48.1 Å². The Morgan fingerprint density at radius 1 is 1.31 bits per heavy atom. The summed E-state index contributed by atoms with van der Waals surface area (Å²) in [5, 5.41) is 9.39. The van der Waals surface area contributed by atoms with Crippen LogP contribution >= 0.6 is 11.8 Å². The van der Waals surface area contributed by atoms with E-state index in [4.69, 9.17) is 10.5 Å². The number of nitrogens with two attached hydrogens (primary N) is 1. The van der Waals surface area contributed by atoms with Crippen LogP contribution in [-0.4, -0.2) is 6.10 Å². The molecule has 2 aromatic rings. The highest BCUT2D eigenvalue weighted by Gasteiger charge is 2.17.